The minimum Gasteiger partial charge on any atom is -0.492 e. The van der Waals surface area contributed by atoms with Crippen molar-refractivity contribution in [2.45, 2.75) is 5.16 Å². The summed E-state index contributed by atoms with van der Waals surface area (Å²) in [6.45, 7) is 0.809. The highest BCUT2D eigenvalue weighted by Crippen LogP contribution is 2.23. The molecule has 5 nitrogen and oxygen atoms in total. The number of aromatic nitrogens is 2. The van der Waals surface area contributed by atoms with Crippen LogP contribution in [-0.4, -0.2) is 46.8 Å². The molecule has 0 saturated heterocycles. The van der Waals surface area contributed by atoms with E-state index in [4.69, 9.17) is 4.74 Å². The summed E-state index contributed by atoms with van der Waals surface area (Å²) >= 11 is 1.42. The van der Waals surface area contributed by atoms with E-state index in [0.29, 0.717) is 29.7 Å². The molecule has 0 aliphatic carbocycles. The molecule has 3 aromatic rings. The average Bonchev–Trinajstić information content (AvgIpc) is 3.12. The molecule has 0 bridgehead atoms. The van der Waals surface area contributed by atoms with Gasteiger partial charge in [0.15, 0.2) is 5.16 Å². The fourth-order valence-electron chi connectivity index (χ4n) is 2.58. The number of thioether (sulfide) groups is 1. The van der Waals surface area contributed by atoms with Gasteiger partial charge in [-0.25, -0.2) is 9.37 Å². The molecule has 0 fully saturated rings. The van der Waals surface area contributed by atoms with Crippen molar-refractivity contribution >= 4 is 17.7 Å². The number of imidazole rings is 1. The predicted molar refractivity (Wildman–Crippen MR) is 104 cm³/mol. The van der Waals surface area contributed by atoms with Gasteiger partial charge in [-0.15, -0.1) is 0 Å². The van der Waals surface area contributed by atoms with E-state index in [1.165, 1.54) is 23.9 Å². The number of hydrogen-bond acceptors (Lipinski definition) is 4. The third-order valence-electron chi connectivity index (χ3n) is 4.00. The number of ether oxygens (including phenoxy) is 1. The van der Waals surface area contributed by atoms with Crippen molar-refractivity contribution in [3.05, 3.63) is 72.3 Å². The minimum atomic E-state index is -0.326. The Morgan fingerprint density at radius 1 is 1.19 bits per heavy atom. The number of hydrogen-bond donors (Lipinski definition) is 0. The van der Waals surface area contributed by atoms with E-state index in [1.807, 2.05) is 36.6 Å². The maximum absolute atomic E-state index is 13.3. The van der Waals surface area contributed by atoms with Crippen molar-refractivity contribution in [3.8, 4) is 11.4 Å². The SMILES string of the molecule is CSc1ncc(C(=O)N(C)CCOc2ccccc2)n1-c1ccc(F)cc1. The van der Waals surface area contributed by atoms with E-state index in [-0.39, 0.29) is 11.7 Å². The molecule has 0 aliphatic heterocycles. The van der Waals surface area contributed by atoms with Gasteiger partial charge in [0, 0.05) is 12.7 Å². The van der Waals surface area contributed by atoms with Crippen LogP contribution in [0.1, 0.15) is 10.5 Å². The fourth-order valence-corrected chi connectivity index (χ4v) is 3.13. The lowest BCUT2D eigenvalue weighted by molar-refractivity contribution is 0.0765. The summed E-state index contributed by atoms with van der Waals surface area (Å²) in [5.41, 5.74) is 1.11. The molecule has 0 saturated carbocycles. The molecule has 2 aromatic carbocycles. The Morgan fingerprint density at radius 2 is 1.89 bits per heavy atom. The zero-order chi connectivity index (χ0) is 19.2. The summed E-state index contributed by atoms with van der Waals surface area (Å²) in [6, 6.07) is 15.5. The van der Waals surface area contributed by atoms with Crippen LogP contribution in [0.5, 0.6) is 5.75 Å². The van der Waals surface area contributed by atoms with Gasteiger partial charge in [0.05, 0.1) is 12.7 Å². The maximum Gasteiger partial charge on any atom is 0.272 e. The second-order valence-corrected chi connectivity index (χ2v) is 6.60. The van der Waals surface area contributed by atoms with Crippen molar-refractivity contribution in [3.63, 3.8) is 0 Å². The number of halogens is 1. The van der Waals surface area contributed by atoms with Crippen LogP contribution in [-0.2, 0) is 0 Å². The number of likely N-dealkylation sites (N-methyl/N-ethyl adjacent to an activating group) is 1. The molecule has 1 amide bonds. The fraction of sp³-hybridized carbons (Fsp3) is 0.200. The van der Waals surface area contributed by atoms with Gasteiger partial charge < -0.3 is 9.64 Å². The highest BCUT2D eigenvalue weighted by Gasteiger charge is 2.20. The molecular formula is C20H20FN3O2S. The van der Waals surface area contributed by atoms with Crippen LogP contribution in [0.15, 0.2) is 66.0 Å². The summed E-state index contributed by atoms with van der Waals surface area (Å²) < 4.78 is 20.7. The van der Waals surface area contributed by atoms with Crippen LogP contribution < -0.4 is 4.74 Å². The van der Waals surface area contributed by atoms with Gasteiger partial charge in [-0.3, -0.25) is 9.36 Å². The van der Waals surface area contributed by atoms with Crippen molar-refractivity contribution in [2.75, 3.05) is 26.5 Å². The number of amides is 1. The van der Waals surface area contributed by atoms with E-state index in [2.05, 4.69) is 4.98 Å². The van der Waals surface area contributed by atoms with E-state index < -0.39 is 0 Å². The van der Waals surface area contributed by atoms with E-state index >= 15 is 0 Å². The van der Waals surface area contributed by atoms with Crippen molar-refractivity contribution in [2.24, 2.45) is 0 Å². The summed E-state index contributed by atoms with van der Waals surface area (Å²) in [5.74, 6) is 0.260. The Balaban J connectivity index is 1.74. The topological polar surface area (TPSA) is 47.4 Å². The number of carbonyl (C=O) groups excluding carboxylic acids is 1. The second-order valence-electron chi connectivity index (χ2n) is 5.83. The lowest BCUT2D eigenvalue weighted by Gasteiger charge is -2.19. The van der Waals surface area contributed by atoms with Gasteiger partial charge in [-0.2, -0.15) is 0 Å². The lowest BCUT2D eigenvalue weighted by atomic mass is 10.3. The van der Waals surface area contributed by atoms with Crippen LogP contribution >= 0.6 is 11.8 Å². The van der Waals surface area contributed by atoms with Gasteiger partial charge in [-0.05, 0) is 42.7 Å². The average molecular weight is 385 g/mol. The third-order valence-corrected chi connectivity index (χ3v) is 4.65. The first-order valence-corrected chi connectivity index (χ1v) is 9.63. The Kier molecular flexibility index (Phi) is 6.13. The van der Waals surface area contributed by atoms with Crippen LogP contribution in [0.25, 0.3) is 5.69 Å². The molecule has 0 radical (unpaired) electrons. The van der Waals surface area contributed by atoms with Crippen LogP contribution in [0.3, 0.4) is 0 Å². The Labute approximate surface area is 161 Å². The minimum absolute atomic E-state index is 0.177. The number of nitrogens with zero attached hydrogens (tertiary/aromatic N) is 3. The molecule has 140 valence electrons. The standard InChI is InChI=1S/C20H20FN3O2S/c1-23(12-13-26-17-6-4-3-5-7-17)19(25)18-14-22-20(27-2)24(18)16-10-8-15(21)9-11-16/h3-11,14H,12-13H2,1-2H3. The predicted octanol–water partition coefficient (Wildman–Crippen LogP) is 3.88. The quantitative estimate of drug-likeness (QED) is 0.579. The van der Waals surface area contributed by atoms with E-state index in [1.54, 1.807) is 34.8 Å². The monoisotopic (exact) mass is 385 g/mol. The molecule has 27 heavy (non-hydrogen) atoms. The number of carbonyl (C=O) groups is 1. The third kappa shape index (κ3) is 4.49. The van der Waals surface area contributed by atoms with Gasteiger partial charge in [-0.1, -0.05) is 30.0 Å². The van der Waals surface area contributed by atoms with E-state index in [0.717, 1.165) is 5.75 Å². The van der Waals surface area contributed by atoms with E-state index in [9.17, 15) is 9.18 Å². The summed E-state index contributed by atoms with van der Waals surface area (Å²) in [4.78, 5) is 18.8. The first-order valence-electron chi connectivity index (χ1n) is 8.41. The summed E-state index contributed by atoms with van der Waals surface area (Å²) in [7, 11) is 1.72. The molecule has 0 aliphatic rings. The first-order chi connectivity index (χ1) is 13.1. The number of benzene rings is 2. The molecule has 0 atom stereocenters. The molecule has 0 spiro atoms. The Bertz CT molecular complexity index is 897. The highest BCUT2D eigenvalue weighted by molar-refractivity contribution is 7.98. The lowest BCUT2D eigenvalue weighted by Crippen LogP contribution is -2.32. The first kappa shape index (κ1) is 19.0. The summed E-state index contributed by atoms with van der Waals surface area (Å²) in [5, 5.41) is 0.666. The van der Waals surface area contributed by atoms with Crippen LogP contribution in [0, 0.1) is 5.82 Å². The molecule has 0 unspecified atom stereocenters. The van der Waals surface area contributed by atoms with Crippen molar-refractivity contribution < 1.29 is 13.9 Å². The molecule has 1 aromatic heterocycles. The Hall–Kier alpha value is -2.80. The summed E-state index contributed by atoms with van der Waals surface area (Å²) in [6.07, 6.45) is 3.43. The Morgan fingerprint density at radius 3 is 2.56 bits per heavy atom. The molecular weight excluding hydrogens is 365 g/mol. The smallest absolute Gasteiger partial charge is 0.272 e. The van der Waals surface area contributed by atoms with Gasteiger partial charge in [0.25, 0.3) is 5.91 Å². The normalized spacial score (nSPS) is 10.6. The molecule has 7 heteroatoms. The van der Waals surface area contributed by atoms with Crippen molar-refractivity contribution in [1.29, 1.82) is 0 Å². The van der Waals surface area contributed by atoms with Gasteiger partial charge in [0.2, 0.25) is 0 Å². The van der Waals surface area contributed by atoms with Gasteiger partial charge in [0.1, 0.15) is 23.9 Å². The van der Waals surface area contributed by atoms with Crippen LogP contribution in [0.4, 0.5) is 4.39 Å². The highest BCUT2D eigenvalue weighted by atomic mass is 32.2. The molecule has 1 heterocycles. The molecule has 3 rings (SSSR count). The molecule has 0 N–H and O–H groups in total. The number of para-hydroxylation sites is 1. The number of rotatable bonds is 7. The second kappa shape index (κ2) is 8.73. The maximum atomic E-state index is 13.3. The zero-order valence-corrected chi connectivity index (χ0v) is 15.9. The van der Waals surface area contributed by atoms with Gasteiger partial charge >= 0.3 is 0 Å². The zero-order valence-electron chi connectivity index (χ0n) is 15.1. The van der Waals surface area contributed by atoms with Crippen LogP contribution in [0.2, 0.25) is 0 Å². The van der Waals surface area contributed by atoms with Crippen molar-refractivity contribution in [1.82, 2.24) is 14.5 Å². The largest absolute Gasteiger partial charge is 0.492 e.